The van der Waals surface area contributed by atoms with E-state index in [-0.39, 0.29) is 23.8 Å². The molecule has 0 N–H and O–H groups in total. The number of allylic oxidation sites excluding steroid dienone is 2. The molecule has 0 radical (unpaired) electrons. The molecule has 4 aliphatic rings. The normalized spacial score (nSPS) is 42.4. The number of cyclic esters (lactones) is 2. The van der Waals surface area contributed by atoms with Crippen LogP contribution in [-0.2, 0) is 14.3 Å². The highest BCUT2D eigenvalue weighted by atomic mass is 16.6. The van der Waals surface area contributed by atoms with Crippen molar-refractivity contribution >= 4 is 11.9 Å². The molecule has 1 aliphatic heterocycles. The smallest absolute Gasteiger partial charge is 0.318 e. The summed E-state index contributed by atoms with van der Waals surface area (Å²) >= 11 is 0. The molecule has 0 spiro atoms. The number of fused-ring (bicyclic) bond motifs is 5. The standard InChI is InChI=1S/C15H18O3/c16-14-12-9-6-7-10(13(12)15(17)18-14)11(9)8-4-2-1-3-5-8/h9-10,12-13H,1-7H2. The minimum absolute atomic E-state index is 0.124. The monoisotopic (exact) mass is 246 g/mol. The van der Waals surface area contributed by atoms with E-state index in [1.165, 1.54) is 37.7 Å². The van der Waals surface area contributed by atoms with Crippen LogP contribution in [0, 0.1) is 23.7 Å². The Hall–Kier alpha value is -1.12. The molecular weight excluding hydrogens is 228 g/mol. The maximum atomic E-state index is 11.8. The van der Waals surface area contributed by atoms with E-state index in [0.29, 0.717) is 11.8 Å². The third-order valence-corrected chi connectivity index (χ3v) is 5.45. The summed E-state index contributed by atoms with van der Waals surface area (Å²) in [5.41, 5.74) is 3.10. The SMILES string of the molecule is O=C1OC(=O)C2C3CCC(C3=C3CCCCC3)C12. The van der Waals surface area contributed by atoms with Crippen LogP contribution in [0.25, 0.3) is 0 Å². The molecule has 18 heavy (non-hydrogen) atoms. The molecule has 3 saturated carbocycles. The zero-order valence-corrected chi connectivity index (χ0v) is 10.5. The van der Waals surface area contributed by atoms with Gasteiger partial charge < -0.3 is 4.74 Å². The first-order valence-corrected chi connectivity index (χ1v) is 7.24. The Morgan fingerprint density at radius 3 is 1.94 bits per heavy atom. The summed E-state index contributed by atoms with van der Waals surface area (Å²) < 4.78 is 4.84. The van der Waals surface area contributed by atoms with Gasteiger partial charge in [0, 0.05) is 0 Å². The number of rotatable bonds is 0. The van der Waals surface area contributed by atoms with Crippen molar-refractivity contribution in [2.24, 2.45) is 23.7 Å². The van der Waals surface area contributed by atoms with Crippen LogP contribution >= 0.6 is 0 Å². The zero-order valence-electron chi connectivity index (χ0n) is 10.5. The van der Waals surface area contributed by atoms with Gasteiger partial charge in [0.15, 0.2) is 0 Å². The molecule has 3 aliphatic carbocycles. The third-order valence-electron chi connectivity index (χ3n) is 5.45. The topological polar surface area (TPSA) is 43.4 Å². The Kier molecular flexibility index (Phi) is 2.21. The van der Waals surface area contributed by atoms with Crippen molar-refractivity contribution in [3.05, 3.63) is 11.1 Å². The van der Waals surface area contributed by atoms with Gasteiger partial charge in [-0.25, -0.2) is 0 Å². The Balaban J connectivity index is 1.76. The Labute approximate surface area is 107 Å². The van der Waals surface area contributed by atoms with Gasteiger partial charge in [-0.2, -0.15) is 0 Å². The first-order chi connectivity index (χ1) is 8.77. The molecule has 4 atom stereocenters. The molecular formula is C15H18O3. The van der Waals surface area contributed by atoms with Crippen LogP contribution in [-0.4, -0.2) is 11.9 Å². The van der Waals surface area contributed by atoms with Crippen molar-refractivity contribution in [2.75, 3.05) is 0 Å². The van der Waals surface area contributed by atoms with Crippen LogP contribution in [0.4, 0.5) is 0 Å². The number of carbonyl (C=O) groups excluding carboxylic acids is 2. The molecule has 4 unspecified atom stereocenters. The summed E-state index contributed by atoms with van der Waals surface area (Å²) in [6, 6.07) is 0. The van der Waals surface area contributed by atoms with E-state index < -0.39 is 0 Å². The Bertz CT molecular complexity index is 424. The lowest BCUT2D eigenvalue weighted by Gasteiger charge is -2.20. The second-order valence-electron chi connectivity index (χ2n) is 6.20. The number of hydrogen-bond acceptors (Lipinski definition) is 3. The predicted molar refractivity (Wildman–Crippen MR) is 64.4 cm³/mol. The largest absolute Gasteiger partial charge is 0.393 e. The van der Waals surface area contributed by atoms with Gasteiger partial charge in [0.1, 0.15) is 0 Å². The maximum absolute atomic E-state index is 11.8. The molecule has 4 fully saturated rings. The van der Waals surface area contributed by atoms with Crippen molar-refractivity contribution in [1.29, 1.82) is 0 Å². The molecule has 1 saturated heterocycles. The fourth-order valence-corrected chi connectivity index (χ4v) is 4.84. The maximum Gasteiger partial charge on any atom is 0.318 e. The van der Waals surface area contributed by atoms with Gasteiger partial charge in [0.25, 0.3) is 0 Å². The van der Waals surface area contributed by atoms with E-state index in [1.54, 1.807) is 5.57 Å². The minimum atomic E-state index is -0.244. The first kappa shape index (κ1) is 10.8. The van der Waals surface area contributed by atoms with Crippen LogP contribution in [0.3, 0.4) is 0 Å². The lowest BCUT2D eigenvalue weighted by molar-refractivity contribution is -0.154. The number of carbonyl (C=O) groups is 2. The molecule has 0 amide bonds. The average molecular weight is 246 g/mol. The summed E-state index contributed by atoms with van der Waals surface area (Å²) in [6.45, 7) is 0. The molecule has 96 valence electrons. The molecule has 0 aromatic carbocycles. The average Bonchev–Trinajstić information content (AvgIpc) is 3.02. The van der Waals surface area contributed by atoms with E-state index >= 15 is 0 Å². The first-order valence-electron chi connectivity index (χ1n) is 7.24. The van der Waals surface area contributed by atoms with Crippen LogP contribution < -0.4 is 0 Å². The summed E-state index contributed by atoms with van der Waals surface area (Å²) in [6.07, 6.45) is 8.48. The van der Waals surface area contributed by atoms with Crippen molar-refractivity contribution in [3.8, 4) is 0 Å². The summed E-state index contributed by atoms with van der Waals surface area (Å²) in [5, 5.41) is 0. The van der Waals surface area contributed by atoms with E-state index in [0.717, 1.165) is 12.8 Å². The second-order valence-corrected chi connectivity index (χ2v) is 6.20. The zero-order chi connectivity index (χ0) is 12.3. The molecule has 3 heteroatoms. The molecule has 0 aromatic rings. The van der Waals surface area contributed by atoms with Crippen molar-refractivity contribution in [3.63, 3.8) is 0 Å². The van der Waals surface area contributed by atoms with Gasteiger partial charge in [0.05, 0.1) is 11.8 Å². The number of ether oxygens (including phenoxy) is 1. The van der Waals surface area contributed by atoms with Gasteiger partial charge in [0.2, 0.25) is 0 Å². The predicted octanol–water partition coefficient (Wildman–Crippen LogP) is 2.60. The summed E-state index contributed by atoms with van der Waals surface area (Å²) in [5.74, 6) is -0.0577. The summed E-state index contributed by atoms with van der Waals surface area (Å²) in [4.78, 5) is 23.6. The highest BCUT2D eigenvalue weighted by Gasteiger charge is 2.62. The van der Waals surface area contributed by atoms with Crippen LogP contribution in [0.5, 0.6) is 0 Å². The lowest BCUT2D eigenvalue weighted by Crippen LogP contribution is -2.24. The Morgan fingerprint density at radius 1 is 0.833 bits per heavy atom. The van der Waals surface area contributed by atoms with Crippen LogP contribution in [0.2, 0.25) is 0 Å². The van der Waals surface area contributed by atoms with E-state index in [2.05, 4.69) is 0 Å². The minimum Gasteiger partial charge on any atom is -0.393 e. The Morgan fingerprint density at radius 2 is 1.39 bits per heavy atom. The van der Waals surface area contributed by atoms with Crippen molar-refractivity contribution in [1.82, 2.24) is 0 Å². The molecule has 4 rings (SSSR count). The molecule has 3 nitrogen and oxygen atoms in total. The van der Waals surface area contributed by atoms with E-state index in [4.69, 9.17) is 4.74 Å². The van der Waals surface area contributed by atoms with Crippen LogP contribution in [0.1, 0.15) is 44.9 Å². The summed E-state index contributed by atoms with van der Waals surface area (Å²) in [7, 11) is 0. The lowest BCUT2D eigenvalue weighted by atomic mass is 9.81. The van der Waals surface area contributed by atoms with Crippen molar-refractivity contribution in [2.45, 2.75) is 44.9 Å². The fraction of sp³-hybridized carbons (Fsp3) is 0.733. The van der Waals surface area contributed by atoms with Gasteiger partial charge in [-0.3, -0.25) is 9.59 Å². The van der Waals surface area contributed by atoms with Crippen molar-refractivity contribution < 1.29 is 14.3 Å². The van der Waals surface area contributed by atoms with Gasteiger partial charge >= 0.3 is 11.9 Å². The van der Waals surface area contributed by atoms with Gasteiger partial charge in [-0.1, -0.05) is 17.6 Å². The highest BCUT2D eigenvalue weighted by molar-refractivity contribution is 5.98. The molecule has 0 aromatic heterocycles. The van der Waals surface area contributed by atoms with Gasteiger partial charge in [-0.15, -0.1) is 0 Å². The quantitative estimate of drug-likeness (QED) is 0.375. The number of esters is 2. The van der Waals surface area contributed by atoms with Gasteiger partial charge in [-0.05, 0) is 50.4 Å². The second kappa shape index (κ2) is 3.69. The fourth-order valence-electron chi connectivity index (χ4n) is 4.84. The highest BCUT2D eigenvalue weighted by Crippen LogP contribution is 2.60. The van der Waals surface area contributed by atoms with E-state index in [9.17, 15) is 9.59 Å². The van der Waals surface area contributed by atoms with E-state index in [1.807, 2.05) is 0 Å². The third kappa shape index (κ3) is 1.25. The van der Waals surface area contributed by atoms with Crippen LogP contribution in [0.15, 0.2) is 11.1 Å². The molecule has 1 heterocycles. The molecule has 2 bridgehead atoms. The number of hydrogen-bond donors (Lipinski definition) is 0.